The normalized spacial score (nSPS) is 12.4. The molecule has 1 unspecified atom stereocenters. The number of hydrogen-bond donors (Lipinski definition) is 1. The quantitative estimate of drug-likeness (QED) is 0.657. The average molecular weight is 346 g/mol. The summed E-state index contributed by atoms with van der Waals surface area (Å²) in [6.07, 6.45) is 1.32. The van der Waals surface area contributed by atoms with Crippen molar-refractivity contribution in [2.75, 3.05) is 0 Å². The molecule has 0 radical (unpaired) electrons. The zero-order valence-electron chi connectivity index (χ0n) is 13.5. The van der Waals surface area contributed by atoms with E-state index in [1.165, 1.54) is 11.8 Å². The van der Waals surface area contributed by atoms with Crippen LogP contribution in [0.5, 0.6) is 0 Å². The number of aromatic nitrogens is 3. The number of amides is 1. The van der Waals surface area contributed by atoms with Crippen LogP contribution in [0.1, 0.15) is 32.0 Å². The number of aryl methyl sites for hydroxylation is 1. The van der Waals surface area contributed by atoms with E-state index in [9.17, 15) is 4.79 Å². The lowest BCUT2D eigenvalue weighted by atomic mass is 10.3. The van der Waals surface area contributed by atoms with E-state index >= 15 is 0 Å². The van der Waals surface area contributed by atoms with E-state index in [-0.39, 0.29) is 17.7 Å². The zero-order chi connectivity index (χ0) is 16.9. The second-order valence-electron chi connectivity index (χ2n) is 5.12. The molecule has 1 aromatic carbocycles. The Labute approximate surface area is 143 Å². The molecule has 3 rings (SSSR count). The molecule has 0 aliphatic carbocycles. The lowest BCUT2D eigenvalue weighted by Crippen LogP contribution is -2.32. The number of nitrogens with one attached hydrogen (secondary N) is 1. The van der Waals surface area contributed by atoms with Gasteiger partial charge in [0.25, 0.3) is 5.22 Å². The van der Waals surface area contributed by atoms with Crippen molar-refractivity contribution in [1.82, 2.24) is 20.5 Å². The SMILES string of the molecule is CCc1nnc(CNC(=O)C(CC)Sc2nc3ccccc3o2)o1. The highest BCUT2D eigenvalue weighted by Crippen LogP contribution is 2.28. The lowest BCUT2D eigenvalue weighted by Gasteiger charge is -2.11. The van der Waals surface area contributed by atoms with Crippen LogP contribution in [0.15, 0.2) is 38.3 Å². The van der Waals surface area contributed by atoms with E-state index < -0.39 is 0 Å². The summed E-state index contributed by atoms with van der Waals surface area (Å²) in [6, 6.07) is 7.53. The average Bonchev–Trinajstić information content (AvgIpc) is 3.23. The van der Waals surface area contributed by atoms with Crippen molar-refractivity contribution in [3.63, 3.8) is 0 Å². The Morgan fingerprint density at radius 3 is 2.71 bits per heavy atom. The third-order valence-corrected chi connectivity index (χ3v) is 4.61. The smallest absolute Gasteiger partial charge is 0.257 e. The molecule has 1 amide bonds. The van der Waals surface area contributed by atoms with E-state index in [0.29, 0.717) is 35.4 Å². The Morgan fingerprint density at radius 1 is 1.21 bits per heavy atom. The first kappa shape index (κ1) is 16.5. The number of oxazole rings is 1. The Balaban J connectivity index is 1.61. The first-order valence-electron chi connectivity index (χ1n) is 7.80. The van der Waals surface area contributed by atoms with Gasteiger partial charge in [0.2, 0.25) is 17.7 Å². The molecule has 126 valence electrons. The summed E-state index contributed by atoms with van der Waals surface area (Å²) < 4.78 is 11.0. The summed E-state index contributed by atoms with van der Waals surface area (Å²) >= 11 is 1.31. The van der Waals surface area contributed by atoms with Crippen molar-refractivity contribution in [2.45, 2.75) is 43.7 Å². The Bertz CT molecular complexity index is 796. The molecule has 0 bridgehead atoms. The van der Waals surface area contributed by atoms with Crippen LogP contribution < -0.4 is 5.32 Å². The fraction of sp³-hybridized carbons (Fsp3) is 0.375. The molecule has 3 aromatic rings. The van der Waals surface area contributed by atoms with Crippen molar-refractivity contribution in [3.8, 4) is 0 Å². The number of thioether (sulfide) groups is 1. The molecule has 7 nitrogen and oxygen atoms in total. The molecule has 1 atom stereocenters. The van der Waals surface area contributed by atoms with Gasteiger partial charge in [-0.1, -0.05) is 37.7 Å². The minimum atomic E-state index is -0.299. The molecule has 8 heteroatoms. The number of fused-ring (bicyclic) bond motifs is 1. The first-order chi connectivity index (χ1) is 11.7. The molecular weight excluding hydrogens is 328 g/mol. The van der Waals surface area contributed by atoms with E-state index in [1.807, 2.05) is 38.1 Å². The summed E-state index contributed by atoms with van der Waals surface area (Å²) in [4.78, 5) is 16.7. The van der Waals surface area contributed by atoms with Gasteiger partial charge >= 0.3 is 0 Å². The summed E-state index contributed by atoms with van der Waals surface area (Å²) in [5.41, 5.74) is 1.50. The van der Waals surface area contributed by atoms with Crippen molar-refractivity contribution >= 4 is 28.8 Å². The first-order valence-corrected chi connectivity index (χ1v) is 8.68. The van der Waals surface area contributed by atoms with Gasteiger partial charge in [0.05, 0.1) is 11.8 Å². The van der Waals surface area contributed by atoms with Crippen molar-refractivity contribution in [1.29, 1.82) is 0 Å². The molecule has 0 spiro atoms. The molecule has 1 N–H and O–H groups in total. The van der Waals surface area contributed by atoms with Gasteiger partial charge in [0, 0.05) is 6.42 Å². The van der Waals surface area contributed by atoms with Crippen LogP contribution in [0.2, 0.25) is 0 Å². The van der Waals surface area contributed by atoms with Crippen molar-refractivity contribution in [3.05, 3.63) is 36.0 Å². The molecule has 0 aliphatic rings. The molecule has 24 heavy (non-hydrogen) atoms. The van der Waals surface area contributed by atoms with Gasteiger partial charge in [-0.05, 0) is 18.6 Å². The van der Waals surface area contributed by atoms with Crippen LogP contribution >= 0.6 is 11.8 Å². The number of benzene rings is 1. The summed E-state index contributed by atoms with van der Waals surface area (Å²) in [7, 11) is 0. The molecular formula is C16H18N4O3S. The molecule has 0 saturated heterocycles. The molecule has 0 saturated carbocycles. The van der Waals surface area contributed by atoms with Gasteiger partial charge in [0.1, 0.15) is 5.52 Å². The van der Waals surface area contributed by atoms with Crippen molar-refractivity contribution in [2.24, 2.45) is 0 Å². The summed E-state index contributed by atoms with van der Waals surface area (Å²) in [6.45, 7) is 4.10. The van der Waals surface area contributed by atoms with Crippen molar-refractivity contribution < 1.29 is 13.6 Å². The Kier molecular flexibility index (Phi) is 5.14. The van der Waals surface area contributed by atoms with Gasteiger partial charge in [-0.2, -0.15) is 0 Å². The maximum atomic E-state index is 12.4. The predicted molar refractivity (Wildman–Crippen MR) is 89.5 cm³/mol. The highest BCUT2D eigenvalue weighted by Gasteiger charge is 2.21. The number of nitrogens with zero attached hydrogens (tertiary/aromatic N) is 3. The van der Waals surface area contributed by atoms with Crippen LogP contribution in [-0.2, 0) is 17.8 Å². The van der Waals surface area contributed by atoms with Gasteiger partial charge in [-0.25, -0.2) is 4.98 Å². The molecule has 0 aliphatic heterocycles. The highest BCUT2D eigenvalue weighted by atomic mass is 32.2. The number of carbonyl (C=O) groups is 1. The minimum absolute atomic E-state index is 0.110. The fourth-order valence-corrected chi connectivity index (χ4v) is 3.01. The number of carbonyl (C=O) groups excluding carboxylic acids is 1. The third-order valence-electron chi connectivity index (χ3n) is 3.41. The lowest BCUT2D eigenvalue weighted by molar-refractivity contribution is -0.120. The van der Waals surface area contributed by atoms with E-state index in [1.54, 1.807) is 0 Å². The number of hydrogen-bond acceptors (Lipinski definition) is 7. The predicted octanol–water partition coefficient (Wildman–Crippen LogP) is 2.96. The van der Waals surface area contributed by atoms with Crippen LogP contribution in [0.3, 0.4) is 0 Å². The standard InChI is InChI=1S/C16H18N4O3S/c1-3-12(15(21)17-9-14-20-19-13(4-2)23-14)24-16-18-10-7-5-6-8-11(10)22-16/h5-8,12H,3-4,9H2,1-2H3,(H,17,21). The second-order valence-corrected chi connectivity index (χ2v) is 6.28. The molecule has 2 heterocycles. The van der Waals surface area contributed by atoms with E-state index in [2.05, 4.69) is 20.5 Å². The van der Waals surface area contributed by atoms with Crippen LogP contribution in [0.4, 0.5) is 0 Å². The van der Waals surface area contributed by atoms with Gasteiger partial charge in [-0.3, -0.25) is 4.79 Å². The second kappa shape index (κ2) is 7.48. The molecule has 2 aromatic heterocycles. The minimum Gasteiger partial charge on any atom is -0.431 e. The van der Waals surface area contributed by atoms with Gasteiger partial charge < -0.3 is 14.2 Å². The maximum absolute atomic E-state index is 12.4. The topological polar surface area (TPSA) is 94.1 Å². The zero-order valence-corrected chi connectivity index (χ0v) is 14.3. The van der Waals surface area contributed by atoms with E-state index in [0.717, 1.165) is 5.52 Å². The Morgan fingerprint density at radius 2 is 2.00 bits per heavy atom. The number of rotatable bonds is 7. The molecule has 0 fully saturated rings. The monoisotopic (exact) mass is 346 g/mol. The third kappa shape index (κ3) is 3.76. The summed E-state index contributed by atoms with van der Waals surface area (Å²) in [5, 5.41) is 10.8. The Hall–Kier alpha value is -2.35. The van der Waals surface area contributed by atoms with Gasteiger partial charge in [0.15, 0.2) is 5.58 Å². The largest absolute Gasteiger partial charge is 0.431 e. The highest BCUT2D eigenvalue weighted by molar-refractivity contribution is 8.00. The van der Waals surface area contributed by atoms with Crippen LogP contribution in [-0.4, -0.2) is 26.3 Å². The van der Waals surface area contributed by atoms with Gasteiger partial charge in [-0.15, -0.1) is 10.2 Å². The van der Waals surface area contributed by atoms with Crippen LogP contribution in [0.25, 0.3) is 11.1 Å². The van der Waals surface area contributed by atoms with Crippen LogP contribution in [0, 0.1) is 0 Å². The maximum Gasteiger partial charge on any atom is 0.257 e. The van der Waals surface area contributed by atoms with E-state index in [4.69, 9.17) is 8.83 Å². The fourth-order valence-electron chi connectivity index (χ4n) is 2.12. The summed E-state index contributed by atoms with van der Waals surface area (Å²) in [5.74, 6) is 0.857. The number of para-hydroxylation sites is 2.